The number of carbonyl (C=O) groups is 1. The summed E-state index contributed by atoms with van der Waals surface area (Å²) in [5, 5.41) is 6.21. The molecule has 4 aromatic rings. The maximum Gasteiger partial charge on any atom is 0.289 e. The van der Waals surface area contributed by atoms with Gasteiger partial charge in [0.05, 0.1) is 18.3 Å². The molecule has 2 aromatic heterocycles. The van der Waals surface area contributed by atoms with E-state index >= 15 is 0 Å². The standard InChI is InChI=1S/C25H24N4O2/c1-31-18-12-10-17(11-13-18)23-24-20(19-8-4-5-9-21(19)27-24)14-22(28-23)25(30)29-26-15-16-6-2-3-7-16/h4-5,8-16,27H,2-3,6-7H2,1H3,(H,29,30)/b26-15+. The second-order valence-corrected chi connectivity index (χ2v) is 7.94. The number of hydrogen-bond donors (Lipinski definition) is 2. The van der Waals surface area contributed by atoms with Crippen molar-refractivity contribution in [3.05, 3.63) is 60.3 Å². The number of hydrazone groups is 1. The summed E-state index contributed by atoms with van der Waals surface area (Å²) in [6, 6.07) is 17.6. The second kappa shape index (κ2) is 8.22. The van der Waals surface area contributed by atoms with E-state index in [2.05, 4.69) is 15.5 Å². The first kappa shape index (κ1) is 19.3. The van der Waals surface area contributed by atoms with Crippen LogP contribution >= 0.6 is 0 Å². The molecule has 0 radical (unpaired) electrons. The Morgan fingerprint density at radius 1 is 1.13 bits per heavy atom. The Kier molecular flexibility index (Phi) is 5.12. The zero-order valence-corrected chi connectivity index (χ0v) is 17.4. The van der Waals surface area contributed by atoms with Gasteiger partial charge < -0.3 is 9.72 Å². The molecular weight excluding hydrogens is 388 g/mol. The number of H-pyrrole nitrogens is 1. The Bertz CT molecular complexity index is 1270. The minimum Gasteiger partial charge on any atom is -0.497 e. The Labute approximate surface area is 180 Å². The molecule has 0 saturated heterocycles. The van der Waals surface area contributed by atoms with Crippen LogP contribution in [0.5, 0.6) is 5.75 Å². The Morgan fingerprint density at radius 2 is 1.90 bits per heavy atom. The van der Waals surface area contributed by atoms with E-state index in [0.29, 0.717) is 11.6 Å². The van der Waals surface area contributed by atoms with E-state index < -0.39 is 0 Å². The monoisotopic (exact) mass is 412 g/mol. The number of benzene rings is 2. The topological polar surface area (TPSA) is 79.4 Å². The molecule has 1 fully saturated rings. The Hall–Kier alpha value is -3.67. The van der Waals surface area contributed by atoms with Gasteiger partial charge >= 0.3 is 0 Å². The summed E-state index contributed by atoms with van der Waals surface area (Å²) in [6.45, 7) is 0. The number of methoxy groups -OCH3 is 1. The van der Waals surface area contributed by atoms with Crippen LogP contribution in [-0.2, 0) is 0 Å². The SMILES string of the molecule is COc1ccc(-c2nc(C(=O)N/N=C/C3CCCC3)cc3c2[nH]c2ccccc23)cc1. The van der Waals surface area contributed by atoms with Gasteiger partial charge in [-0.25, -0.2) is 10.4 Å². The largest absolute Gasteiger partial charge is 0.497 e. The number of nitrogens with zero attached hydrogens (tertiary/aromatic N) is 2. The quantitative estimate of drug-likeness (QED) is 0.345. The molecule has 6 heteroatoms. The highest BCUT2D eigenvalue weighted by Crippen LogP contribution is 2.33. The van der Waals surface area contributed by atoms with Crippen LogP contribution in [0, 0.1) is 5.92 Å². The van der Waals surface area contributed by atoms with Gasteiger partial charge in [-0.05, 0) is 55.2 Å². The number of aromatic nitrogens is 2. The van der Waals surface area contributed by atoms with Crippen molar-refractivity contribution in [3.63, 3.8) is 0 Å². The zero-order valence-electron chi connectivity index (χ0n) is 17.4. The molecule has 1 aliphatic carbocycles. The molecule has 1 saturated carbocycles. The van der Waals surface area contributed by atoms with E-state index in [1.165, 1.54) is 12.8 Å². The van der Waals surface area contributed by atoms with Crippen LogP contribution in [0.4, 0.5) is 0 Å². The predicted octanol–water partition coefficient (Wildman–Crippen LogP) is 5.30. The van der Waals surface area contributed by atoms with Crippen molar-refractivity contribution in [2.75, 3.05) is 7.11 Å². The van der Waals surface area contributed by atoms with Gasteiger partial charge in [-0.3, -0.25) is 4.79 Å². The molecule has 0 spiro atoms. The third-order valence-electron chi connectivity index (χ3n) is 5.94. The Morgan fingerprint density at radius 3 is 2.68 bits per heavy atom. The molecule has 0 aliphatic heterocycles. The maximum absolute atomic E-state index is 12.9. The fourth-order valence-electron chi connectivity index (χ4n) is 4.28. The van der Waals surface area contributed by atoms with Gasteiger partial charge in [-0.1, -0.05) is 31.0 Å². The summed E-state index contributed by atoms with van der Waals surface area (Å²) < 4.78 is 5.28. The van der Waals surface area contributed by atoms with Crippen molar-refractivity contribution in [2.24, 2.45) is 11.0 Å². The Balaban J connectivity index is 1.57. The third kappa shape index (κ3) is 3.77. The van der Waals surface area contributed by atoms with Crippen LogP contribution in [0.25, 0.3) is 33.1 Å². The first-order valence-electron chi connectivity index (χ1n) is 10.6. The lowest BCUT2D eigenvalue weighted by Gasteiger charge is -2.08. The molecule has 5 rings (SSSR count). The molecule has 1 aliphatic rings. The van der Waals surface area contributed by atoms with Crippen molar-refractivity contribution in [3.8, 4) is 17.0 Å². The fourth-order valence-corrected chi connectivity index (χ4v) is 4.28. The van der Waals surface area contributed by atoms with Crippen molar-refractivity contribution in [2.45, 2.75) is 25.7 Å². The van der Waals surface area contributed by atoms with E-state index in [-0.39, 0.29) is 5.91 Å². The minimum absolute atomic E-state index is 0.309. The molecule has 156 valence electrons. The number of pyridine rings is 1. The van der Waals surface area contributed by atoms with Crippen molar-refractivity contribution >= 4 is 33.9 Å². The van der Waals surface area contributed by atoms with Crippen molar-refractivity contribution in [1.82, 2.24) is 15.4 Å². The number of rotatable bonds is 5. The smallest absolute Gasteiger partial charge is 0.289 e. The summed E-state index contributed by atoms with van der Waals surface area (Å²) in [6.07, 6.45) is 6.60. The summed E-state index contributed by atoms with van der Waals surface area (Å²) >= 11 is 0. The summed E-state index contributed by atoms with van der Waals surface area (Å²) in [7, 11) is 1.64. The summed E-state index contributed by atoms with van der Waals surface area (Å²) in [5.41, 5.74) is 6.54. The molecular formula is C25H24N4O2. The number of amides is 1. The van der Waals surface area contributed by atoms with E-state index in [1.54, 1.807) is 7.11 Å². The van der Waals surface area contributed by atoms with E-state index in [9.17, 15) is 4.79 Å². The molecule has 0 atom stereocenters. The predicted molar refractivity (Wildman–Crippen MR) is 124 cm³/mol. The maximum atomic E-state index is 12.9. The fraction of sp³-hybridized carbons (Fsp3) is 0.240. The number of para-hydroxylation sites is 1. The van der Waals surface area contributed by atoms with Crippen LogP contribution in [0.3, 0.4) is 0 Å². The number of aromatic amines is 1. The summed E-state index contributed by atoms with van der Waals surface area (Å²) in [5.74, 6) is 0.919. The van der Waals surface area contributed by atoms with Gasteiger partial charge in [0.2, 0.25) is 0 Å². The molecule has 6 nitrogen and oxygen atoms in total. The highest BCUT2D eigenvalue weighted by atomic mass is 16.5. The molecule has 0 bridgehead atoms. The van der Waals surface area contributed by atoms with E-state index in [1.807, 2.05) is 60.8 Å². The lowest BCUT2D eigenvalue weighted by atomic mass is 10.1. The molecule has 31 heavy (non-hydrogen) atoms. The van der Waals surface area contributed by atoms with Crippen LogP contribution < -0.4 is 10.2 Å². The van der Waals surface area contributed by atoms with Crippen molar-refractivity contribution in [1.29, 1.82) is 0 Å². The molecule has 2 N–H and O–H groups in total. The van der Waals surface area contributed by atoms with Gasteiger partial charge in [0, 0.05) is 28.1 Å². The van der Waals surface area contributed by atoms with E-state index in [4.69, 9.17) is 9.72 Å². The van der Waals surface area contributed by atoms with Gasteiger partial charge in [-0.15, -0.1) is 0 Å². The third-order valence-corrected chi connectivity index (χ3v) is 5.94. The van der Waals surface area contributed by atoms with Gasteiger partial charge in [-0.2, -0.15) is 5.10 Å². The first-order chi connectivity index (χ1) is 15.2. The van der Waals surface area contributed by atoms with E-state index in [0.717, 1.165) is 51.7 Å². The highest BCUT2D eigenvalue weighted by Gasteiger charge is 2.17. The van der Waals surface area contributed by atoms with Gasteiger partial charge in [0.15, 0.2) is 0 Å². The normalized spacial score (nSPS) is 14.6. The van der Waals surface area contributed by atoms with Crippen LogP contribution in [0.15, 0.2) is 59.7 Å². The number of hydrogen-bond acceptors (Lipinski definition) is 4. The summed E-state index contributed by atoms with van der Waals surface area (Å²) in [4.78, 5) is 21.1. The number of carbonyl (C=O) groups excluding carboxylic acids is 1. The van der Waals surface area contributed by atoms with Crippen LogP contribution in [-0.4, -0.2) is 29.2 Å². The lowest BCUT2D eigenvalue weighted by Crippen LogP contribution is -2.20. The molecule has 2 heterocycles. The van der Waals surface area contributed by atoms with Gasteiger partial charge in [0.25, 0.3) is 5.91 Å². The van der Waals surface area contributed by atoms with Crippen molar-refractivity contribution < 1.29 is 9.53 Å². The average molecular weight is 412 g/mol. The first-order valence-corrected chi connectivity index (χ1v) is 10.6. The van der Waals surface area contributed by atoms with Crippen LogP contribution in [0.2, 0.25) is 0 Å². The molecule has 2 aromatic carbocycles. The second-order valence-electron chi connectivity index (χ2n) is 7.94. The number of ether oxygens (including phenoxy) is 1. The van der Waals surface area contributed by atoms with Crippen LogP contribution in [0.1, 0.15) is 36.2 Å². The number of fused-ring (bicyclic) bond motifs is 3. The minimum atomic E-state index is -0.309. The molecule has 0 unspecified atom stereocenters. The average Bonchev–Trinajstić information content (AvgIpc) is 3.46. The highest BCUT2D eigenvalue weighted by molar-refractivity contribution is 6.13. The zero-order chi connectivity index (χ0) is 21.2. The number of nitrogens with one attached hydrogen (secondary N) is 2. The molecule has 1 amide bonds. The lowest BCUT2D eigenvalue weighted by molar-refractivity contribution is 0.0950. The van der Waals surface area contributed by atoms with Gasteiger partial charge in [0.1, 0.15) is 11.4 Å².